The lowest BCUT2D eigenvalue weighted by atomic mass is 9.90. The standard InChI is InChI=1S/C26H29N3O2S2Si/c1-34(2)23-16-19(28)8-10-21(23)25(18-6-4-3-5-7-18)22-11-9-20(17-24(22)34)29-26(30)31-13-15-33-32-14-12-27/h3-11,16-17,28H,12-15,27H2,1-2H3,(H,29,30). The number of nitrogens with two attached hydrogens (primary N) is 1. The highest BCUT2D eigenvalue weighted by atomic mass is 33.1. The molecule has 0 spiro atoms. The maximum Gasteiger partial charge on any atom is 0.411 e. The normalized spacial score (nSPS) is 16.0. The molecule has 0 aromatic heterocycles. The molecular weight excluding hydrogens is 479 g/mol. The number of carbonyl (C=O) groups excluding carboxylic acids is 1. The van der Waals surface area contributed by atoms with Crippen LogP contribution in [0.2, 0.25) is 13.1 Å². The number of benzene rings is 2. The zero-order valence-corrected chi connectivity index (χ0v) is 22.0. The van der Waals surface area contributed by atoms with Crippen molar-refractivity contribution < 1.29 is 9.53 Å². The van der Waals surface area contributed by atoms with E-state index < -0.39 is 14.2 Å². The Hall–Kier alpha value is -2.52. The van der Waals surface area contributed by atoms with E-state index >= 15 is 0 Å². The number of hydrogen-bond acceptors (Lipinski definition) is 6. The highest BCUT2D eigenvalue weighted by molar-refractivity contribution is 8.76. The van der Waals surface area contributed by atoms with Crippen LogP contribution in [0.3, 0.4) is 0 Å². The van der Waals surface area contributed by atoms with Gasteiger partial charge in [-0.3, -0.25) is 5.32 Å². The van der Waals surface area contributed by atoms with E-state index in [1.807, 2.05) is 24.3 Å². The Morgan fingerprint density at radius 3 is 2.62 bits per heavy atom. The van der Waals surface area contributed by atoms with Gasteiger partial charge < -0.3 is 15.9 Å². The van der Waals surface area contributed by atoms with Gasteiger partial charge in [0.2, 0.25) is 0 Å². The van der Waals surface area contributed by atoms with E-state index in [2.05, 4.69) is 60.9 Å². The smallest absolute Gasteiger partial charge is 0.411 e. The summed E-state index contributed by atoms with van der Waals surface area (Å²) in [6.45, 7) is 5.62. The van der Waals surface area contributed by atoms with Crippen LogP contribution in [0.25, 0.3) is 5.57 Å². The molecule has 0 unspecified atom stereocenters. The van der Waals surface area contributed by atoms with E-state index in [4.69, 9.17) is 15.9 Å². The van der Waals surface area contributed by atoms with Gasteiger partial charge in [0.15, 0.2) is 0 Å². The molecule has 1 amide bonds. The average molecular weight is 508 g/mol. The lowest BCUT2D eigenvalue weighted by molar-refractivity contribution is 0.169. The largest absolute Gasteiger partial charge is 0.448 e. The van der Waals surface area contributed by atoms with Crippen molar-refractivity contribution in [2.75, 3.05) is 30.0 Å². The fraction of sp³-hybridized carbons (Fsp3) is 0.231. The second-order valence-electron chi connectivity index (χ2n) is 8.58. The van der Waals surface area contributed by atoms with E-state index in [0.29, 0.717) is 18.9 Å². The molecule has 4 rings (SSSR count). The second kappa shape index (κ2) is 10.8. The molecule has 1 heterocycles. The van der Waals surface area contributed by atoms with Crippen LogP contribution in [0.15, 0.2) is 77.5 Å². The molecule has 0 bridgehead atoms. The minimum Gasteiger partial charge on any atom is -0.448 e. The van der Waals surface area contributed by atoms with E-state index in [-0.39, 0.29) is 0 Å². The van der Waals surface area contributed by atoms with Crippen molar-refractivity contribution in [2.24, 2.45) is 5.73 Å². The Balaban J connectivity index is 1.62. The highest BCUT2D eigenvalue weighted by Crippen LogP contribution is 2.41. The molecular formula is C26H29N3O2S2Si. The molecule has 0 fully saturated rings. The summed E-state index contributed by atoms with van der Waals surface area (Å²) in [4.78, 5) is 12.4. The Kier molecular flexibility index (Phi) is 7.83. The van der Waals surface area contributed by atoms with Crippen LogP contribution in [0.5, 0.6) is 0 Å². The van der Waals surface area contributed by atoms with Crippen molar-refractivity contribution in [1.82, 2.24) is 0 Å². The molecule has 0 radical (unpaired) electrons. The van der Waals surface area contributed by atoms with Gasteiger partial charge in [-0.2, -0.15) is 0 Å². The molecule has 2 aromatic rings. The molecule has 8 heteroatoms. The lowest BCUT2D eigenvalue weighted by Gasteiger charge is -2.38. The molecule has 1 aliphatic heterocycles. The molecule has 176 valence electrons. The van der Waals surface area contributed by atoms with Gasteiger partial charge in [0.05, 0.1) is 5.71 Å². The second-order valence-corrected chi connectivity index (χ2v) is 15.6. The van der Waals surface area contributed by atoms with Gasteiger partial charge in [0.1, 0.15) is 14.7 Å². The number of amides is 1. The van der Waals surface area contributed by atoms with Crippen LogP contribution < -0.4 is 16.2 Å². The summed E-state index contributed by atoms with van der Waals surface area (Å²) in [5.41, 5.74) is 11.5. The Morgan fingerprint density at radius 2 is 1.85 bits per heavy atom. The number of anilines is 1. The van der Waals surface area contributed by atoms with Gasteiger partial charge in [-0.15, -0.1) is 0 Å². The first kappa shape index (κ1) is 24.6. The number of allylic oxidation sites excluding steroid dienone is 5. The van der Waals surface area contributed by atoms with Crippen LogP contribution in [0, 0.1) is 5.41 Å². The van der Waals surface area contributed by atoms with E-state index in [1.165, 1.54) is 27.1 Å². The van der Waals surface area contributed by atoms with E-state index in [9.17, 15) is 4.79 Å². The lowest BCUT2D eigenvalue weighted by Crippen LogP contribution is -2.49. The SMILES string of the molecule is C[Si]1(C)C2=CC(=N)C=CC2=C(c2ccccc2)c2ccc(NC(=O)OCCSSCCN)cc21. The van der Waals surface area contributed by atoms with Gasteiger partial charge >= 0.3 is 6.09 Å². The van der Waals surface area contributed by atoms with Crippen molar-refractivity contribution >= 4 is 57.9 Å². The summed E-state index contributed by atoms with van der Waals surface area (Å²) < 4.78 is 5.35. The first-order valence-corrected chi connectivity index (χ1v) is 16.7. The van der Waals surface area contributed by atoms with Gasteiger partial charge in [-0.25, -0.2) is 4.79 Å². The molecule has 5 nitrogen and oxygen atoms in total. The number of fused-ring (bicyclic) bond motifs is 2. The van der Waals surface area contributed by atoms with Gasteiger partial charge in [0, 0.05) is 23.7 Å². The summed E-state index contributed by atoms with van der Waals surface area (Å²) in [5.74, 6) is 1.61. The molecule has 4 N–H and O–H groups in total. The molecule has 1 aliphatic carbocycles. The predicted molar refractivity (Wildman–Crippen MR) is 150 cm³/mol. The summed E-state index contributed by atoms with van der Waals surface area (Å²) in [6.07, 6.45) is 5.53. The van der Waals surface area contributed by atoms with E-state index in [1.54, 1.807) is 21.6 Å². The molecule has 34 heavy (non-hydrogen) atoms. The summed E-state index contributed by atoms with van der Waals surface area (Å²) >= 11 is 0. The third kappa shape index (κ3) is 5.25. The predicted octanol–water partition coefficient (Wildman–Crippen LogP) is 5.36. The zero-order chi connectivity index (χ0) is 24.1. The number of carbonyl (C=O) groups is 1. The zero-order valence-electron chi connectivity index (χ0n) is 19.4. The van der Waals surface area contributed by atoms with E-state index in [0.717, 1.165) is 22.8 Å². The van der Waals surface area contributed by atoms with Gasteiger partial charge in [-0.1, -0.05) is 77.2 Å². The first-order valence-electron chi connectivity index (χ1n) is 11.2. The van der Waals surface area contributed by atoms with Gasteiger partial charge in [-0.05, 0) is 56.9 Å². The Bertz CT molecular complexity index is 1190. The maximum atomic E-state index is 12.4. The van der Waals surface area contributed by atoms with Crippen molar-refractivity contribution in [3.63, 3.8) is 0 Å². The van der Waals surface area contributed by atoms with Crippen LogP contribution in [-0.4, -0.2) is 44.5 Å². The van der Waals surface area contributed by atoms with Crippen molar-refractivity contribution in [2.45, 2.75) is 13.1 Å². The van der Waals surface area contributed by atoms with Crippen LogP contribution in [0.1, 0.15) is 11.1 Å². The quantitative estimate of drug-likeness (QED) is 0.254. The first-order chi connectivity index (χ1) is 16.4. The molecule has 0 atom stereocenters. The third-order valence-electron chi connectivity index (χ3n) is 5.92. The average Bonchev–Trinajstić information content (AvgIpc) is 2.83. The van der Waals surface area contributed by atoms with Crippen LogP contribution in [-0.2, 0) is 4.74 Å². The van der Waals surface area contributed by atoms with Crippen LogP contribution >= 0.6 is 21.6 Å². The van der Waals surface area contributed by atoms with Gasteiger partial charge in [0.25, 0.3) is 0 Å². The minimum absolute atomic E-state index is 0.352. The van der Waals surface area contributed by atoms with Crippen molar-refractivity contribution in [3.05, 3.63) is 88.7 Å². The fourth-order valence-electron chi connectivity index (χ4n) is 4.33. The molecule has 0 saturated heterocycles. The maximum absolute atomic E-state index is 12.4. The third-order valence-corrected chi connectivity index (χ3v) is 11.8. The number of rotatable bonds is 8. The van der Waals surface area contributed by atoms with Crippen molar-refractivity contribution in [1.29, 1.82) is 5.41 Å². The monoisotopic (exact) mass is 507 g/mol. The fourth-order valence-corrected chi connectivity index (χ4v) is 9.10. The number of nitrogens with one attached hydrogen (secondary N) is 2. The topological polar surface area (TPSA) is 88.2 Å². The number of ether oxygens (including phenoxy) is 1. The van der Waals surface area contributed by atoms with Crippen LogP contribution in [0.4, 0.5) is 10.5 Å². The summed E-state index contributed by atoms with van der Waals surface area (Å²) in [5, 5.41) is 13.6. The Morgan fingerprint density at radius 1 is 1.09 bits per heavy atom. The molecule has 0 saturated carbocycles. The number of hydrogen-bond donors (Lipinski definition) is 3. The van der Waals surface area contributed by atoms with Crippen molar-refractivity contribution in [3.8, 4) is 0 Å². The Labute approximate surface area is 209 Å². The molecule has 2 aromatic carbocycles. The minimum atomic E-state index is -2.11. The molecule has 2 aliphatic rings. The summed E-state index contributed by atoms with van der Waals surface area (Å²) in [7, 11) is 1.23. The summed E-state index contributed by atoms with van der Waals surface area (Å²) in [6, 6.07) is 16.5. The highest BCUT2D eigenvalue weighted by Gasteiger charge is 2.39.